The summed E-state index contributed by atoms with van der Waals surface area (Å²) in [6.45, 7) is 9.03. The smallest absolute Gasteiger partial charge is 0.249 e. The lowest BCUT2D eigenvalue weighted by atomic mass is 9.75. The molecule has 1 unspecified atom stereocenters. The molecule has 0 spiro atoms. The van der Waals surface area contributed by atoms with Crippen molar-refractivity contribution in [3.63, 3.8) is 0 Å². The van der Waals surface area contributed by atoms with Crippen molar-refractivity contribution in [2.45, 2.75) is 95.9 Å². The Morgan fingerprint density at radius 1 is 0.985 bits per heavy atom. The van der Waals surface area contributed by atoms with Gasteiger partial charge in [0.25, 0.3) is 0 Å². The molecule has 4 amide bonds. The molecule has 0 radical (unpaired) electrons. The van der Waals surface area contributed by atoms with Crippen LogP contribution in [0.2, 0.25) is 0 Å². The summed E-state index contributed by atoms with van der Waals surface area (Å²) in [7, 11) is 0. The number of nitriles is 1. The van der Waals surface area contributed by atoms with Crippen LogP contribution in [0, 0.1) is 22.6 Å². The third-order valence-corrected chi connectivity index (χ3v) is 13.8. The summed E-state index contributed by atoms with van der Waals surface area (Å²) in [6.07, 6.45) is 12.0. The molecule has 4 aromatic heterocycles. The van der Waals surface area contributed by atoms with Gasteiger partial charge in [-0.15, -0.1) is 0 Å². The van der Waals surface area contributed by atoms with Crippen LogP contribution in [-0.4, -0.2) is 120 Å². The number of amides is 4. The number of aromatic nitrogens is 6. The van der Waals surface area contributed by atoms with Crippen LogP contribution in [0.5, 0.6) is 0 Å². The van der Waals surface area contributed by atoms with Crippen molar-refractivity contribution >= 4 is 46.3 Å². The molecule has 5 aromatic rings. The topological polar surface area (TPSA) is 219 Å². The van der Waals surface area contributed by atoms with Crippen LogP contribution in [0.3, 0.4) is 0 Å². The maximum Gasteiger partial charge on any atom is 0.249 e. The van der Waals surface area contributed by atoms with E-state index in [2.05, 4.69) is 44.0 Å². The van der Waals surface area contributed by atoms with Crippen molar-refractivity contribution in [1.82, 2.24) is 44.9 Å². The average Bonchev–Trinajstić information content (AvgIpc) is 3.95. The van der Waals surface area contributed by atoms with E-state index < -0.39 is 23.4 Å². The van der Waals surface area contributed by atoms with E-state index >= 15 is 4.39 Å². The first-order valence-corrected chi connectivity index (χ1v) is 22.7. The van der Waals surface area contributed by atoms with Crippen molar-refractivity contribution < 1.29 is 28.7 Å². The van der Waals surface area contributed by atoms with Gasteiger partial charge in [-0.1, -0.05) is 6.92 Å². The summed E-state index contributed by atoms with van der Waals surface area (Å²) in [5.41, 5.74) is 2.73. The fourth-order valence-electron chi connectivity index (χ4n) is 9.59. The number of rotatable bonds is 12. The molecule has 9 rings (SSSR count). The molecule has 4 fully saturated rings. The zero-order chi connectivity index (χ0) is 46.3. The number of halogens is 1. The van der Waals surface area contributed by atoms with Crippen LogP contribution < -0.4 is 25.8 Å². The second kappa shape index (κ2) is 17.8. The molecule has 4 N–H and O–H groups in total. The van der Waals surface area contributed by atoms with E-state index in [1.54, 1.807) is 40.1 Å². The number of pyridine rings is 1. The molecular formula is C47H54FN13O5. The number of hydrogen-bond acceptors (Lipinski definition) is 13. The first kappa shape index (κ1) is 44.3. The number of hydrogen-bond donors (Lipinski definition) is 4. The molecule has 0 saturated carbocycles. The number of imide groups is 1. The summed E-state index contributed by atoms with van der Waals surface area (Å²) >= 11 is 0. The van der Waals surface area contributed by atoms with Crippen molar-refractivity contribution in [3.8, 4) is 28.6 Å². The van der Waals surface area contributed by atoms with Crippen molar-refractivity contribution in [3.05, 3.63) is 72.7 Å². The van der Waals surface area contributed by atoms with Gasteiger partial charge in [0.2, 0.25) is 23.6 Å². The number of carbonyl (C=O) groups is 4. The highest BCUT2D eigenvalue weighted by molar-refractivity contribution is 6.01. The standard InChI is InChI=1S/C47H54FN13O5/c1-4-46(45(65)53-29(2)3)11-15-58(16-12-46)39-9-5-30(22-50-39)42-43-31(21-49)23-52-61(43)28-37(55-42)32-24-51-60(25-32)34-26-59(27-34)41(63)20-47(66)13-17-57(18-14-47)38-8-6-33(19-35(38)48)54-36-7-10-40(62)56-44(36)64/h5-6,8-9,19,22-25,28-29,34,36,54,66H,4,7,10-18,20,26-27H2,1-3H3,(H,53,65)(H,56,62,64). The number of likely N-dealkylation sites (tertiary alicyclic amines) is 1. The van der Waals surface area contributed by atoms with E-state index in [4.69, 9.17) is 9.97 Å². The average molecular weight is 900 g/mol. The lowest BCUT2D eigenvalue weighted by Crippen LogP contribution is -2.54. The minimum absolute atomic E-state index is 0.0406. The number of nitrogens with one attached hydrogen (secondary N) is 3. The number of carbonyl (C=O) groups excluding carboxylic acids is 4. The Morgan fingerprint density at radius 3 is 2.41 bits per heavy atom. The Kier molecular flexibility index (Phi) is 11.9. The van der Waals surface area contributed by atoms with Gasteiger partial charge in [0.05, 0.1) is 59.1 Å². The Morgan fingerprint density at radius 2 is 1.74 bits per heavy atom. The summed E-state index contributed by atoms with van der Waals surface area (Å²) in [5.74, 6) is -0.459. The van der Waals surface area contributed by atoms with Crippen LogP contribution >= 0.6 is 0 Å². The summed E-state index contributed by atoms with van der Waals surface area (Å²) in [6, 6.07) is 10.2. The molecule has 19 heteroatoms. The van der Waals surface area contributed by atoms with E-state index in [1.165, 1.54) is 12.3 Å². The van der Waals surface area contributed by atoms with Gasteiger partial charge in [0.1, 0.15) is 34.8 Å². The highest BCUT2D eigenvalue weighted by Gasteiger charge is 2.41. The van der Waals surface area contributed by atoms with E-state index in [-0.39, 0.29) is 60.9 Å². The summed E-state index contributed by atoms with van der Waals surface area (Å²) in [5, 5.41) is 38.9. The monoisotopic (exact) mass is 899 g/mol. The molecule has 0 bridgehead atoms. The first-order valence-electron chi connectivity index (χ1n) is 22.7. The third-order valence-electron chi connectivity index (χ3n) is 13.8. The molecule has 18 nitrogen and oxygen atoms in total. The van der Waals surface area contributed by atoms with E-state index in [9.17, 15) is 29.5 Å². The van der Waals surface area contributed by atoms with Crippen LogP contribution in [0.1, 0.15) is 83.7 Å². The van der Waals surface area contributed by atoms with Crippen molar-refractivity contribution in [2.24, 2.45) is 5.41 Å². The molecule has 8 heterocycles. The normalized spacial score (nSPS) is 19.7. The minimum Gasteiger partial charge on any atom is -0.389 e. The Bertz CT molecular complexity index is 2710. The lowest BCUT2D eigenvalue weighted by Gasteiger charge is -2.43. The maximum atomic E-state index is 15.3. The maximum absolute atomic E-state index is 15.3. The largest absolute Gasteiger partial charge is 0.389 e. The third kappa shape index (κ3) is 8.76. The number of piperidine rings is 3. The fraction of sp³-hybridized carbons (Fsp3) is 0.468. The molecule has 4 aliphatic heterocycles. The Balaban J connectivity index is 0.805. The zero-order valence-electron chi connectivity index (χ0n) is 37.3. The van der Waals surface area contributed by atoms with Crippen molar-refractivity contribution in [1.29, 1.82) is 5.26 Å². The van der Waals surface area contributed by atoms with Crippen LogP contribution in [-0.2, 0) is 19.2 Å². The van der Waals surface area contributed by atoms with Gasteiger partial charge in [0.15, 0.2) is 0 Å². The van der Waals surface area contributed by atoms with Crippen LogP contribution in [0.25, 0.3) is 28.0 Å². The molecule has 1 atom stereocenters. The second-order valence-corrected chi connectivity index (χ2v) is 18.5. The molecule has 4 aliphatic rings. The summed E-state index contributed by atoms with van der Waals surface area (Å²) < 4.78 is 18.7. The van der Waals surface area contributed by atoms with Gasteiger partial charge >= 0.3 is 0 Å². The Hall–Kier alpha value is -6.94. The molecule has 0 aliphatic carbocycles. The number of fused-ring (bicyclic) bond motifs is 1. The SMILES string of the molecule is CCC1(C(=O)NC(C)C)CCN(c2ccc(-c3nc(-c4cnn(C5CN(C(=O)CC6(O)CCN(c7ccc(NC8CCC(=O)NC8=O)cc7F)CC6)C5)c4)cn4ncc(C#N)c34)cn2)CC1. The van der Waals surface area contributed by atoms with E-state index in [0.717, 1.165) is 30.6 Å². The van der Waals surface area contributed by atoms with Gasteiger partial charge in [-0.2, -0.15) is 15.5 Å². The summed E-state index contributed by atoms with van der Waals surface area (Å²) in [4.78, 5) is 65.7. The molecule has 1 aromatic carbocycles. The van der Waals surface area contributed by atoms with Gasteiger partial charge in [-0.3, -0.25) is 29.2 Å². The number of benzene rings is 1. The predicted molar refractivity (Wildman–Crippen MR) is 242 cm³/mol. The number of anilines is 3. The molecule has 4 saturated heterocycles. The highest BCUT2D eigenvalue weighted by Crippen LogP contribution is 2.38. The van der Waals surface area contributed by atoms with Crippen LogP contribution in [0.4, 0.5) is 21.6 Å². The lowest BCUT2D eigenvalue weighted by molar-refractivity contribution is -0.143. The molecule has 344 valence electrons. The first-order chi connectivity index (χ1) is 31.7. The van der Waals surface area contributed by atoms with Crippen LogP contribution in [0.15, 0.2) is 61.3 Å². The van der Waals surface area contributed by atoms with E-state index in [0.29, 0.717) is 85.1 Å². The highest BCUT2D eigenvalue weighted by atomic mass is 19.1. The quantitative estimate of drug-likeness (QED) is 0.129. The van der Waals surface area contributed by atoms with Crippen molar-refractivity contribution in [2.75, 3.05) is 54.4 Å². The van der Waals surface area contributed by atoms with Gasteiger partial charge < -0.3 is 30.4 Å². The molecular weight excluding hydrogens is 846 g/mol. The van der Waals surface area contributed by atoms with Gasteiger partial charge in [0, 0.05) is 80.9 Å². The fourth-order valence-corrected chi connectivity index (χ4v) is 9.59. The van der Waals surface area contributed by atoms with Gasteiger partial charge in [-0.25, -0.2) is 18.9 Å². The number of nitrogens with zero attached hydrogens (tertiary/aromatic N) is 10. The molecule has 66 heavy (non-hydrogen) atoms. The zero-order valence-corrected chi connectivity index (χ0v) is 37.3. The van der Waals surface area contributed by atoms with E-state index in [1.807, 2.05) is 41.8 Å². The number of aliphatic hydroxyl groups is 1. The predicted octanol–water partition coefficient (Wildman–Crippen LogP) is 4.21. The van der Waals surface area contributed by atoms with Gasteiger partial charge in [-0.05, 0) is 82.7 Å². The second-order valence-electron chi connectivity index (χ2n) is 18.5. The minimum atomic E-state index is -1.22. The Labute approximate surface area is 381 Å².